The molecule has 102 valence electrons. The zero-order chi connectivity index (χ0) is 13.6. The Hall–Kier alpha value is -0.870. The maximum Gasteiger partial charge on any atom is 0.233 e. The van der Waals surface area contributed by atoms with Crippen molar-refractivity contribution in [3.05, 3.63) is 22.4 Å². The minimum Gasteiger partial charge on any atom is -0.355 e. The van der Waals surface area contributed by atoms with Crippen LogP contribution in [0.15, 0.2) is 17.5 Å². The number of carbonyl (C=O) groups is 1. The van der Waals surface area contributed by atoms with E-state index in [1.165, 1.54) is 4.88 Å². The second-order valence-electron chi connectivity index (χ2n) is 5.66. The van der Waals surface area contributed by atoms with E-state index in [0.29, 0.717) is 12.5 Å². The van der Waals surface area contributed by atoms with Crippen LogP contribution in [0, 0.1) is 5.92 Å². The Morgan fingerprint density at radius 3 is 2.72 bits per heavy atom. The van der Waals surface area contributed by atoms with Crippen LogP contribution in [0.5, 0.6) is 0 Å². The molecule has 4 heteroatoms. The molecular weight excluding hydrogens is 244 g/mol. The molecule has 0 bridgehead atoms. The summed E-state index contributed by atoms with van der Waals surface area (Å²) < 4.78 is 0. The molecule has 0 spiro atoms. The van der Waals surface area contributed by atoms with Gasteiger partial charge in [-0.15, -0.1) is 11.3 Å². The molecule has 0 aliphatic heterocycles. The van der Waals surface area contributed by atoms with Gasteiger partial charge in [0.2, 0.25) is 5.91 Å². The first-order chi connectivity index (χ1) is 8.42. The molecule has 1 rings (SSSR count). The Balaban J connectivity index is 2.27. The fourth-order valence-electron chi connectivity index (χ4n) is 1.62. The highest BCUT2D eigenvalue weighted by atomic mass is 32.1. The van der Waals surface area contributed by atoms with Crippen LogP contribution in [-0.4, -0.2) is 25.5 Å². The normalized spacial score (nSPS) is 11.8. The molecule has 0 unspecified atom stereocenters. The van der Waals surface area contributed by atoms with Crippen molar-refractivity contribution < 1.29 is 4.79 Å². The number of amides is 1. The van der Waals surface area contributed by atoms with Crippen LogP contribution < -0.4 is 10.6 Å². The molecule has 1 amide bonds. The van der Waals surface area contributed by atoms with Gasteiger partial charge < -0.3 is 10.6 Å². The third kappa shape index (κ3) is 5.19. The van der Waals surface area contributed by atoms with Gasteiger partial charge in [0.25, 0.3) is 0 Å². The lowest BCUT2D eigenvalue weighted by Gasteiger charge is -2.23. The van der Waals surface area contributed by atoms with E-state index >= 15 is 0 Å². The van der Waals surface area contributed by atoms with Crippen LogP contribution in [0.25, 0.3) is 0 Å². The summed E-state index contributed by atoms with van der Waals surface area (Å²) in [6, 6.07) is 4.21. The van der Waals surface area contributed by atoms with E-state index in [4.69, 9.17) is 0 Å². The molecule has 1 aromatic heterocycles. The number of rotatable bonds is 7. The third-order valence-electron chi connectivity index (χ3n) is 2.75. The van der Waals surface area contributed by atoms with Gasteiger partial charge in [-0.1, -0.05) is 33.8 Å². The molecule has 1 heterocycles. The number of thiophene rings is 1. The number of carbonyl (C=O) groups excluding carboxylic acids is 1. The molecule has 0 aliphatic rings. The Bertz CT molecular complexity index is 358. The summed E-state index contributed by atoms with van der Waals surface area (Å²) >= 11 is 1.76. The molecule has 0 saturated heterocycles. The summed E-state index contributed by atoms with van der Waals surface area (Å²) in [7, 11) is 0. The van der Waals surface area contributed by atoms with Crippen LogP contribution in [-0.2, 0) is 10.2 Å². The SMILES string of the molecule is CC(C)CNC(=O)CNCC(C)(C)c1cccs1. The average Bonchev–Trinajstić information content (AvgIpc) is 2.80. The number of nitrogens with one attached hydrogen (secondary N) is 2. The van der Waals surface area contributed by atoms with Gasteiger partial charge in [-0.2, -0.15) is 0 Å². The molecule has 3 nitrogen and oxygen atoms in total. The van der Waals surface area contributed by atoms with Gasteiger partial charge in [0.05, 0.1) is 6.54 Å². The fraction of sp³-hybridized carbons (Fsp3) is 0.643. The van der Waals surface area contributed by atoms with Crippen molar-refractivity contribution in [1.29, 1.82) is 0 Å². The van der Waals surface area contributed by atoms with E-state index < -0.39 is 0 Å². The summed E-state index contributed by atoms with van der Waals surface area (Å²) in [4.78, 5) is 12.9. The van der Waals surface area contributed by atoms with Crippen LogP contribution in [0.1, 0.15) is 32.6 Å². The summed E-state index contributed by atoms with van der Waals surface area (Å²) in [5.74, 6) is 0.571. The van der Waals surface area contributed by atoms with Crippen molar-refractivity contribution in [2.45, 2.75) is 33.1 Å². The quantitative estimate of drug-likeness (QED) is 0.797. The van der Waals surface area contributed by atoms with E-state index in [2.05, 4.69) is 55.8 Å². The Morgan fingerprint density at radius 1 is 1.44 bits per heavy atom. The molecule has 2 N–H and O–H groups in total. The first-order valence-corrected chi connectivity index (χ1v) is 7.31. The third-order valence-corrected chi connectivity index (χ3v) is 3.98. The highest BCUT2D eigenvalue weighted by Gasteiger charge is 2.21. The first-order valence-electron chi connectivity index (χ1n) is 6.43. The van der Waals surface area contributed by atoms with Crippen molar-refractivity contribution >= 4 is 17.2 Å². The smallest absolute Gasteiger partial charge is 0.233 e. The van der Waals surface area contributed by atoms with Gasteiger partial charge in [-0.25, -0.2) is 0 Å². The molecule has 0 aromatic carbocycles. The summed E-state index contributed by atoms with van der Waals surface area (Å²) in [6.07, 6.45) is 0. The average molecular weight is 268 g/mol. The molecule has 0 radical (unpaired) electrons. The van der Waals surface area contributed by atoms with Crippen molar-refractivity contribution in [2.75, 3.05) is 19.6 Å². The topological polar surface area (TPSA) is 41.1 Å². The number of hydrogen-bond donors (Lipinski definition) is 2. The van der Waals surface area contributed by atoms with Crippen molar-refractivity contribution in [2.24, 2.45) is 5.92 Å². The predicted molar refractivity (Wildman–Crippen MR) is 78.1 cm³/mol. The van der Waals surface area contributed by atoms with E-state index in [0.717, 1.165) is 13.1 Å². The second-order valence-corrected chi connectivity index (χ2v) is 6.61. The van der Waals surface area contributed by atoms with E-state index in [1.807, 2.05) is 0 Å². The standard InChI is InChI=1S/C14H24N2OS/c1-11(2)8-16-13(17)9-15-10-14(3,4)12-6-5-7-18-12/h5-7,11,15H,8-10H2,1-4H3,(H,16,17). The molecule has 0 atom stereocenters. The van der Waals surface area contributed by atoms with Crippen LogP contribution in [0.4, 0.5) is 0 Å². The minimum atomic E-state index is 0.0747. The highest BCUT2D eigenvalue weighted by Crippen LogP contribution is 2.26. The summed E-state index contributed by atoms with van der Waals surface area (Å²) in [5.41, 5.74) is 0.0759. The predicted octanol–water partition coefficient (Wildman–Crippen LogP) is 2.39. The van der Waals surface area contributed by atoms with Crippen molar-refractivity contribution in [3.63, 3.8) is 0 Å². The maximum absolute atomic E-state index is 11.5. The van der Waals surface area contributed by atoms with E-state index in [9.17, 15) is 4.79 Å². The Kier molecular flexibility index (Phi) is 5.82. The second kappa shape index (κ2) is 6.90. The Morgan fingerprint density at radius 2 is 2.17 bits per heavy atom. The van der Waals surface area contributed by atoms with Gasteiger partial charge in [-0.3, -0.25) is 4.79 Å². The fourth-order valence-corrected chi connectivity index (χ4v) is 2.47. The lowest BCUT2D eigenvalue weighted by Crippen LogP contribution is -2.40. The van der Waals surface area contributed by atoms with Crippen molar-refractivity contribution in [1.82, 2.24) is 10.6 Å². The first kappa shape index (κ1) is 15.2. The van der Waals surface area contributed by atoms with Gasteiger partial charge >= 0.3 is 0 Å². The molecule has 1 aromatic rings. The molecule has 18 heavy (non-hydrogen) atoms. The van der Waals surface area contributed by atoms with Gasteiger partial charge in [0.1, 0.15) is 0 Å². The zero-order valence-electron chi connectivity index (χ0n) is 11.7. The monoisotopic (exact) mass is 268 g/mol. The molecule has 0 saturated carbocycles. The molecular formula is C14H24N2OS. The maximum atomic E-state index is 11.5. The van der Waals surface area contributed by atoms with Gasteiger partial charge in [-0.05, 0) is 17.4 Å². The Labute approximate surface area is 114 Å². The minimum absolute atomic E-state index is 0.0747. The molecule has 0 fully saturated rings. The van der Waals surface area contributed by atoms with E-state index in [1.54, 1.807) is 11.3 Å². The summed E-state index contributed by atoms with van der Waals surface area (Å²) in [6.45, 7) is 10.5. The van der Waals surface area contributed by atoms with Crippen LogP contribution in [0.2, 0.25) is 0 Å². The van der Waals surface area contributed by atoms with Gasteiger partial charge in [0, 0.05) is 23.4 Å². The van der Waals surface area contributed by atoms with Crippen LogP contribution >= 0.6 is 11.3 Å². The highest BCUT2D eigenvalue weighted by molar-refractivity contribution is 7.10. The summed E-state index contributed by atoms with van der Waals surface area (Å²) in [5, 5.41) is 8.23. The lowest BCUT2D eigenvalue weighted by atomic mass is 9.91. The van der Waals surface area contributed by atoms with Crippen LogP contribution in [0.3, 0.4) is 0 Å². The lowest BCUT2D eigenvalue weighted by molar-refractivity contribution is -0.120. The van der Waals surface area contributed by atoms with Crippen molar-refractivity contribution in [3.8, 4) is 0 Å². The zero-order valence-corrected chi connectivity index (χ0v) is 12.6. The molecule has 0 aliphatic carbocycles. The van der Waals surface area contributed by atoms with E-state index in [-0.39, 0.29) is 11.3 Å². The number of hydrogen-bond acceptors (Lipinski definition) is 3. The largest absolute Gasteiger partial charge is 0.355 e. The van der Waals surface area contributed by atoms with Gasteiger partial charge in [0.15, 0.2) is 0 Å².